The summed E-state index contributed by atoms with van der Waals surface area (Å²) < 4.78 is 68.8. The van der Waals surface area contributed by atoms with E-state index in [2.05, 4.69) is 34.6 Å². The molecule has 0 aromatic rings. The van der Waals surface area contributed by atoms with Crippen molar-refractivity contribution in [2.75, 3.05) is 39.6 Å². The SMILES string of the molecule is CCCCCCCCCCCCCCCCCCCCCCCCC(=O)O[C@H](COC(=O)CCCCCCCCCCCCCCCCCCC)COP(=O)(O)OC[C@@H](O)COP(=O)(O)OC[C@@H](COC(=O)CCCCCCCCC(C)C)OC(=O)CCCCCCCCCCCCCCCCC. The van der Waals surface area contributed by atoms with Gasteiger partial charge < -0.3 is 33.8 Å². The minimum Gasteiger partial charge on any atom is -0.462 e. The molecule has 0 aliphatic carbocycles. The molecule has 2 unspecified atom stereocenters. The first kappa shape index (κ1) is 101. The van der Waals surface area contributed by atoms with Gasteiger partial charge in [-0.1, -0.05) is 401 Å². The van der Waals surface area contributed by atoms with E-state index in [-0.39, 0.29) is 25.7 Å². The maximum atomic E-state index is 13.1. The number of carbonyl (C=O) groups excluding carboxylic acids is 4. The lowest BCUT2D eigenvalue weighted by Gasteiger charge is -2.21. The van der Waals surface area contributed by atoms with Crippen LogP contribution in [-0.2, 0) is 65.4 Å². The molecule has 0 bridgehead atoms. The standard InChI is InChI=1S/C84H164O17P2/c1-6-9-12-15-18-21-24-27-30-32-33-34-35-36-38-41-44-47-50-53-60-65-69-83(88)100-79(73-94-81(86)67-62-57-51-48-45-42-40-37-31-28-25-22-19-16-13-10-7-2)75-98-102(90,91)96-71-78(85)72-97-103(92,93)99-76-80(74-95-82(87)68-63-58-55-54-56-61-66-77(4)5)101-84(89)70-64-59-52-49-46-43-39-29-26-23-20-17-14-11-8-3/h77-80,85H,6-76H2,1-5H3,(H,90,91)(H,92,93)/t78-,79-,80-/m1/s1. The van der Waals surface area contributed by atoms with E-state index in [0.29, 0.717) is 31.6 Å². The lowest BCUT2D eigenvalue weighted by atomic mass is 10.0. The van der Waals surface area contributed by atoms with E-state index >= 15 is 0 Å². The summed E-state index contributed by atoms with van der Waals surface area (Å²) in [6.45, 7) is 7.27. The predicted molar refractivity (Wildman–Crippen MR) is 423 cm³/mol. The second-order valence-corrected chi connectivity index (χ2v) is 33.6. The van der Waals surface area contributed by atoms with Crippen LogP contribution in [0.15, 0.2) is 0 Å². The first-order chi connectivity index (χ1) is 50.0. The summed E-state index contributed by atoms with van der Waals surface area (Å²) >= 11 is 0. The normalized spacial score (nSPS) is 13.8. The Morgan fingerprint density at radius 1 is 0.262 bits per heavy atom. The Kier molecular flexibility index (Phi) is 75.4. The smallest absolute Gasteiger partial charge is 0.462 e. The van der Waals surface area contributed by atoms with Crippen molar-refractivity contribution in [2.45, 2.75) is 470 Å². The molecule has 17 nitrogen and oxygen atoms in total. The molecule has 0 aliphatic rings. The molecule has 0 fully saturated rings. The highest BCUT2D eigenvalue weighted by molar-refractivity contribution is 7.47. The number of ether oxygens (including phenoxy) is 4. The monoisotopic (exact) mass is 1510 g/mol. The van der Waals surface area contributed by atoms with E-state index < -0.39 is 97.5 Å². The van der Waals surface area contributed by atoms with Crippen LogP contribution in [0, 0.1) is 5.92 Å². The number of unbranched alkanes of at least 4 members (excludes halogenated alkanes) is 56. The average Bonchev–Trinajstić information content (AvgIpc) is 0.915. The molecular formula is C84H164O17P2. The number of esters is 4. The summed E-state index contributed by atoms with van der Waals surface area (Å²) in [6.07, 6.45) is 69.7. The van der Waals surface area contributed by atoms with Gasteiger partial charge in [-0.05, 0) is 31.6 Å². The molecule has 0 saturated heterocycles. The molecule has 0 spiro atoms. The fraction of sp³-hybridized carbons (Fsp3) is 0.952. The third-order valence-corrected chi connectivity index (χ3v) is 21.7. The van der Waals surface area contributed by atoms with Crippen LogP contribution in [0.3, 0.4) is 0 Å². The van der Waals surface area contributed by atoms with E-state index in [1.165, 1.54) is 270 Å². The number of hydrogen-bond acceptors (Lipinski definition) is 15. The van der Waals surface area contributed by atoms with Gasteiger partial charge in [-0.2, -0.15) is 0 Å². The number of aliphatic hydroxyl groups is 1. The van der Waals surface area contributed by atoms with Crippen molar-refractivity contribution in [3.05, 3.63) is 0 Å². The lowest BCUT2D eigenvalue weighted by molar-refractivity contribution is -0.161. The number of phosphoric acid groups is 2. The van der Waals surface area contributed by atoms with Gasteiger partial charge in [0.1, 0.15) is 19.3 Å². The Labute approximate surface area is 632 Å². The molecule has 0 aromatic heterocycles. The summed E-state index contributed by atoms with van der Waals surface area (Å²) in [6, 6.07) is 0. The van der Waals surface area contributed by atoms with Crippen LogP contribution in [0.2, 0.25) is 0 Å². The Morgan fingerprint density at radius 3 is 0.660 bits per heavy atom. The molecule has 0 saturated carbocycles. The second-order valence-electron chi connectivity index (χ2n) is 30.7. The Bertz CT molecular complexity index is 1960. The van der Waals surface area contributed by atoms with Crippen molar-refractivity contribution in [2.24, 2.45) is 5.92 Å². The number of carbonyl (C=O) groups is 4. The van der Waals surface area contributed by atoms with Crippen LogP contribution in [-0.4, -0.2) is 96.7 Å². The molecule has 0 aromatic carbocycles. The summed E-state index contributed by atoms with van der Waals surface area (Å²) in [7, 11) is -9.92. The molecule has 19 heteroatoms. The molecule has 0 rings (SSSR count). The maximum absolute atomic E-state index is 13.1. The van der Waals surface area contributed by atoms with Crippen LogP contribution in [0.5, 0.6) is 0 Å². The molecule has 5 atom stereocenters. The number of rotatable bonds is 84. The van der Waals surface area contributed by atoms with Gasteiger partial charge in [0.25, 0.3) is 0 Å². The fourth-order valence-electron chi connectivity index (χ4n) is 13.1. The van der Waals surface area contributed by atoms with Gasteiger partial charge in [-0.25, -0.2) is 9.13 Å². The van der Waals surface area contributed by atoms with Gasteiger partial charge in [-0.3, -0.25) is 37.3 Å². The molecule has 0 radical (unpaired) electrons. The Balaban J connectivity index is 5.20. The molecule has 0 aliphatic heterocycles. The van der Waals surface area contributed by atoms with Gasteiger partial charge >= 0.3 is 39.5 Å². The fourth-order valence-corrected chi connectivity index (χ4v) is 14.7. The third kappa shape index (κ3) is 78.0. The van der Waals surface area contributed by atoms with E-state index in [1.54, 1.807) is 0 Å². The summed E-state index contributed by atoms with van der Waals surface area (Å²) in [5.74, 6) is -1.43. The van der Waals surface area contributed by atoms with Gasteiger partial charge in [-0.15, -0.1) is 0 Å². The van der Waals surface area contributed by atoms with Crippen molar-refractivity contribution in [3.63, 3.8) is 0 Å². The van der Waals surface area contributed by atoms with E-state index in [0.717, 1.165) is 96.3 Å². The van der Waals surface area contributed by atoms with Crippen LogP contribution in [0.4, 0.5) is 0 Å². The summed E-state index contributed by atoms with van der Waals surface area (Å²) in [4.78, 5) is 73.1. The quantitative estimate of drug-likeness (QED) is 0.0222. The second kappa shape index (κ2) is 76.8. The first-order valence-electron chi connectivity index (χ1n) is 43.6. The van der Waals surface area contributed by atoms with Gasteiger partial charge in [0.15, 0.2) is 12.2 Å². The zero-order valence-electron chi connectivity index (χ0n) is 67.5. The van der Waals surface area contributed by atoms with Gasteiger partial charge in [0, 0.05) is 25.7 Å². The highest BCUT2D eigenvalue weighted by Gasteiger charge is 2.30. The molecule has 3 N–H and O–H groups in total. The van der Waals surface area contributed by atoms with Gasteiger partial charge in [0.05, 0.1) is 26.4 Å². The predicted octanol–water partition coefficient (Wildman–Crippen LogP) is 25.6. The van der Waals surface area contributed by atoms with Crippen molar-refractivity contribution in [3.8, 4) is 0 Å². The number of hydrogen-bond donors (Lipinski definition) is 3. The van der Waals surface area contributed by atoms with Crippen molar-refractivity contribution in [1.29, 1.82) is 0 Å². The molecule has 103 heavy (non-hydrogen) atoms. The third-order valence-electron chi connectivity index (χ3n) is 19.8. The van der Waals surface area contributed by atoms with Crippen molar-refractivity contribution < 1.29 is 80.2 Å². The minimum atomic E-state index is -4.96. The van der Waals surface area contributed by atoms with E-state index in [9.17, 15) is 43.2 Å². The maximum Gasteiger partial charge on any atom is 0.472 e. The molecular weight excluding hydrogens is 1340 g/mol. The largest absolute Gasteiger partial charge is 0.472 e. The zero-order chi connectivity index (χ0) is 75.5. The average molecular weight is 1510 g/mol. The molecule has 0 heterocycles. The first-order valence-corrected chi connectivity index (χ1v) is 46.6. The van der Waals surface area contributed by atoms with Crippen LogP contribution in [0.25, 0.3) is 0 Å². The van der Waals surface area contributed by atoms with Gasteiger partial charge in [0.2, 0.25) is 0 Å². The Morgan fingerprint density at radius 2 is 0.447 bits per heavy atom. The summed E-state index contributed by atoms with van der Waals surface area (Å²) in [5, 5.41) is 10.7. The van der Waals surface area contributed by atoms with E-state index in [4.69, 9.17) is 37.0 Å². The highest BCUT2D eigenvalue weighted by Crippen LogP contribution is 2.45. The van der Waals surface area contributed by atoms with Crippen LogP contribution >= 0.6 is 15.6 Å². The van der Waals surface area contributed by atoms with Crippen molar-refractivity contribution >= 4 is 39.5 Å². The minimum absolute atomic E-state index is 0.108. The number of aliphatic hydroxyl groups excluding tert-OH is 1. The zero-order valence-corrected chi connectivity index (χ0v) is 69.3. The number of phosphoric ester groups is 2. The summed E-state index contributed by atoms with van der Waals surface area (Å²) in [5.41, 5.74) is 0. The lowest BCUT2D eigenvalue weighted by Crippen LogP contribution is -2.30. The van der Waals surface area contributed by atoms with Crippen LogP contribution in [0.1, 0.15) is 452 Å². The van der Waals surface area contributed by atoms with Crippen molar-refractivity contribution in [1.82, 2.24) is 0 Å². The Hall–Kier alpha value is -1.94. The van der Waals surface area contributed by atoms with Crippen LogP contribution < -0.4 is 0 Å². The topological polar surface area (TPSA) is 237 Å². The molecule has 612 valence electrons. The highest BCUT2D eigenvalue weighted by atomic mass is 31.2. The van der Waals surface area contributed by atoms with E-state index in [1.807, 2.05) is 0 Å². The molecule has 0 amide bonds.